The minimum atomic E-state index is 0.691. The van der Waals surface area contributed by atoms with Crippen LogP contribution in [0.25, 0.3) is 11.1 Å². The van der Waals surface area contributed by atoms with Crippen molar-refractivity contribution in [3.63, 3.8) is 0 Å². The molecule has 0 bridgehead atoms. The number of benzene rings is 2. The Balaban J connectivity index is 1.36. The van der Waals surface area contributed by atoms with Crippen LogP contribution in [0.4, 0.5) is 0 Å². The lowest BCUT2D eigenvalue weighted by atomic mass is 9.98. The number of pyridine rings is 1. The van der Waals surface area contributed by atoms with Crippen molar-refractivity contribution in [1.82, 2.24) is 25.2 Å². The van der Waals surface area contributed by atoms with Gasteiger partial charge >= 0.3 is 0 Å². The third-order valence-electron chi connectivity index (χ3n) is 5.28. The zero-order valence-electron chi connectivity index (χ0n) is 18.3. The third-order valence-corrected chi connectivity index (χ3v) is 5.28. The fourth-order valence-corrected chi connectivity index (χ4v) is 3.59. The highest BCUT2D eigenvalue weighted by molar-refractivity contribution is 5.80. The molecule has 4 aromatic rings. The minimum absolute atomic E-state index is 0.691. The summed E-state index contributed by atoms with van der Waals surface area (Å²) < 4.78 is 2.07. The quantitative estimate of drug-likeness (QED) is 0.333. The predicted octanol–water partition coefficient (Wildman–Crippen LogP) is 3.90. The molecular formula is C26H28N6. The number of guanidine groups is 1. The summed E-state index contributed by atoms with van der Waals surface area (Å²) in [5, 5.41) is 6.80. The second kappa shape index (κ2) is 10.9. The van der Waals surface area contributed by atoms with Crippen molar-refractivity contribution < 1.29 is 0 Å². The van der Waals surface area contributed by atoms with E-state index in [1.54, 1.807) is 13.2 Å². The van der Waals surface area contributed by atoms with Gasteiger partial charge in [0.25, 0.3) is 0 Å². The first-order valence-electron chi connectivity index (χ1n) is 10.8. The molecule has 0 amide bonds. The van der Waals surface area contributed by atoms with Gasteiger partial charge in [0.05, 0.1) is 6.33 Å². The number of aromatic nitrogens is 3. The summed E-state index contributed by atoms with van der Waals surface area (Å²) in [6.07, 6.45) is 8.30. The molecule has 2 aromatic heterocycles. The van der Waals surface area contributed by atoms with Gasteiger partial charge in [-0.05, 0) is 34.4 Å². The maximum Gasteiger partial charge on any atom is 0.191 e. The highest BCUT2D eigenvalue weighted by atomic mass is 15.2. The van der Waals surface area contributed by atoms with Gasteiger partial charge in [-0.3, -0.25) is 9.98 Å². The maximum atomic E-state index is 4.36. The molecule has 32 heavy (non-hydrogen) atoms. The highest BCUT2D eigenvalue weighted by Crippen LogP contribution is 2.24. The average Bonchev–Trinajstić information content (AvgIpc) is 3.36. The molecule has 4 rings (SSSR count). The van der Waals surface area contributed by atoms with Crippen LogP contribution >= 0.6 is 0 Å². The Morgan fingerprint density at radius 1 is 0.938 bits per heavy atom. The number of aliphatic imine (C=N–C) groups is 1. The normalized spacial score (nSPS) is 11.3. The highest BCUT2D eigenvalue weighted by Gasteiger charge is 2.06. The number of rotatable bonds is 8. The van der Waals surface area contributed by atoms with Crippen molar-refractivity contribution in [2.75, 3.05) is 13.6 Å². The standard InChI is InChI=1S/C26H28N6/c1-27-26(30-15-13-24-7-4-5-14-29-24)31-18-23-6-2-3-8-25(23)22-11-9-21(10-12-22)19-32-17-16-28-20-32/h2-12,14,16-17,20H,13,15,18-19H2,1H3,(H2,27,30,31). The van der Waals surface area contributed by atoms with E-state index < -0.39 is 0 Å². The summed E-state index contributed by atoms with van der Waals surface area (Å²) in [6.45, 7) is 2.29. The number of hydrogen-bond donors (Lipinski definition) is 2. The van der Waals surface area contributed by atoms with Crippen LogP contribution in [-0.4, -0.2) is 34.1 Å². The summed E-state index contributed by atoms with van der Waals surface area (Å²) in [7, 11) is 1.79. The van der Waals surface area contributed by atoms with Gasteiger partial charge in [-0.25, -0.2) is 4.98 Å². The van der Waals surface area contributed by atoms with E-state index in [-0.39, 0.29) is 0 Å². The second-order valence-electron chi connectivity index (χ2n) is 7.51. The fraction of sp³-hybridized carbons (Fsp3) is 0.192. The van der Waals surface area contributed by atoms with Crippen molar-refractivity contribution in [2.24, 2.45) is 4.99 Å². The molecule has 0 aliphatic carbocycles. The van der Waals surface area contributed by atoms with Crippen molar-refractivity contribution in [1.29, 1.82) is 0 Å². The van der Waals surface area contributed by atoms with E-state index in [0.717, 1.165) is 31.2 Å². The Labute approximate surface area is 189 Å². The summed E-state index contributed by atoms with van der Waals surface area (Å²) >= 11 is 0. The Hall–Kier alpha value is -3.93. The van der Waals surface area contributed by atoms with Gasteiger partial charge in [0.15, 0.2) is 5.96 Å². The van der Waals surface area contributed by atoms with Crippen molar-refractivity contribution in [3.8, 4) is 11.1 Å². The van der Waals surface area contributed by atoms with Crippen LogP contribution in [0.1, 0.15) is 16.8 Å². The molecule has 0 saturated heterocycles. The molecule has 2 heterocycles. The van der Waals surface area contributed by atoms with E-state index in [4.69, 9.17) is 0 Å². The smallest absolute Gasteiger partial charge is 0.191 e. The number of nitrogens with zero attached hydrogens (tertiary/aromatic N) is 4. The zero-order valence-corrected chi connectivity index (χ0v) is 18.3. The molecule has 6 heteroatoms. The number of imidazole rings is 1. The van der Waals surface area contributed by atoms with Gasteiger partial charge in [-0.2, -0.15) is 0 Å². The first kappa shape index (κ1) is 21.3. The second-order valence-corrected chi connectivity index (χ2v) is 7.51. The van der Waals surface area contributed by atoms with E-state index >= 15 is 0 Å². The van der Waals surface area contributed by atoms with Gasteiger partial charge in [0.1, 0.15) is 0 Å². The summed E-state index contributed by atoms with van der Waals surface area (Å²) in [4.78, 5) is 12.8. The largest absolute Gasteiger partial charge is 0.356 e. The van der Waals surface area contributed by atoms with Crippen LogP contribution in [0, 0.1) is 0 Å². The molecule has 6 nitrogen and oxygen atoms in total. The van der Waals surface area contributed by atoms with Crippen LogP contribution in [0.2, 0.25) is 0 Å². The Morgan fingerprint density at radius 2 is 1.78 bits per heavy atom. The van der Waals surface area contributed by atoms with Gasteiger partial charge in [0.2, 0.25) is 0 Å². The molecule has 0 fully saturated rings. The molecule has 0 saturated carbocycles. The molecule has 0 aliphatic rings. The molecule has 0 unspecified atom stereocenters. The zero-order chi connectivity index (χ0) is 22.0. The third kappa shape index (κ3) is 5.82. The lowest BCUT2D eigenvalue weighted by Gasteiger charge is -2.15. The molecule has 0 spiro atoms. The van der Waals surface area contributed by atoms with Gasteiger partial charge in [-0.15, -0.1) is 0 Å². The van der Waals surface area contributed by atoms with E-state index in [1.165, 1.54) is 22.3 Å². The molecule has 0 aliphatic heterocycles. The van der Waals surface area contributed by atoms with Crippen LogP contribution in [0.3, 0.4) is 0 Å². The molecule has 0 radical (unpaired) electrons. The molecule has 2 aromatic carbocycles. The summed E-state index contributed by atoms with van der Waals surface area (Å²) in [5.74, 6) is 0.784. The van der Waals surface area contributed by atoms with Crippen molar-refractivity contribution in [2.45, 2.75) is 19.5 Å². The monoisotopic (exact) mass is 424 g/mol. The van der Waals surface area contributed by atoms with Gasteiger partial charge in [-0.1, -0.05) is 54.6 Å². The Kier molecular flexibility index (Phi) is 7.26. The summed E-state index contributed by atoms with van der Waals surface area (Å²) in [6, 6.07) is 23.2. The van der Waals surface area contributed by atoms with Crippen molar-refractivity contribution in [3.05, 3.63) is 108 Å². The Morgan fingerprint density at radius 3 is 2.53 bits per heavy atom. The average molecular weight is 425 g/mol. The lowest BCUT2D eigenvalue weighted by Crippen LogP contribution is -2.38. The van der Waals surface area contributed by atoms with Crippen LogP contribution < -0.4 is 10.6 Å². The van der Waals surface area contributed by atoms with E-state index in [1.807, 2.05) is 36.9 Å². The topological polar surface area (TPSA) is 67.1 Å². The Bertz CT molecular complexity index is 1120. The maximum absolute atomic E-state index is 4.36. The number of nitrogens with one attached hydrogen (secondary N) is 2. The minimum Gasteiger partial charge on any atom is -0.356 e. The van der Waals surface area contributed by atoms with Gasteiger partial charge in [0, 0.05) is 57.4 Å². The number of hydrogen-bond acceptors (Lipinski definition) is 3. The van der Waals surface area contributed by atoms with Crippen molar-refractivity contribution >= 4 is 5.96 Å². The molecule has 2 N–H and O–H groups in total. The first-order chi connectivity index (χ1) is 15.8. The first-order valence-corrected chi connectivity index (χ1v) is 10.8. The molecule has 0 atom stereocenters. The van der Waals surface area contributed by atoms with Gasteiger partial charge < -0.3 is 15.2 Å². The van der Waals surface area contributed by atoms with E-state index in [2.05, 4.69) is 78.7 Å². The SMILES string of the molecule is CN=C(NCCc1ccccn1)NCc1ccccc1-c1ccc(Cn2ccnc2)cc1. The van der Waals surface area contributed by atoms with Crippen LogP contribution in [-0.2, 0) is 19.5 Å². The predicted molar refractivity (Wildman–Crippen MR) is 129 cm³/mol. The molecule has 162 valence electrons. The fourth-order valence-electron chi connectivity index (χ4n) is 3.59. The van der Waals surface area contributed by atoms with Crippen LogP contribution in [0.15, 0.2) is 96.6 Å². The lowest BCUT2D eigenvalue weighted by molar-refractivity contribution is 0.785. The van der Waals surface area contributed by atoms with E-state index in [9.17, 15) is 0 Å². The van der Waals surface area contributed by atoms with Crippen LogP contribution in [0.5, 0.6) is 0 Å². The van der Waals surface area contributed by atoms with E-state index in [0.29, 0.717) is 6.54 Å². The molecular weight excluding hydrogens is 396 g/mol. The summed E-state index contributed by atoms with van der Waals surface area (Å²) in [5.41, 5.74) is 5.97.